The van der Waals surface area contributed by atoms with Gasteiger partial charge in [0.25, 0.3) is 5.91 Å². The topological polar surface area (TPSA) is 34.4 Å². The number of benzene rings is 1. The van der Waals surface area contributed by atoms with E-state index in [-0.39, 0.29) is 11.8 Å². The molecule has 2 aromatic rings. The van der Waals surface area contributed by atoms with E-state index in [2.05, 4.69) is 11.9 Å². The van der Waals surface area contributed by atoms with Gasteiger partial charge in [-0.15, -0.1) is 0 Å². The van der Waals surface area contributed by atoms with Crippen LogP contribution in [0.5, 0.6) is 0 Å². The van der Waals surface area contributed by atoms with Gasteiger partial charge in [-0.25, -0.2) is 0 Å². The lowest BCUT2D eigenvalue weighted by Crippen LogP contribution is -2.18. The Morgan fingerprint density at radius 2 is 2.21 bits per heavy atom. The molecule has 2 rings (SSSR count). The van der Waals surface area contributed by atoms with Gasteiger partial charge in [0.15, 0.2) is 4.80 Å². The van der Waals surface area contributed by atoms with Gasteiger partial charge in [0, 0.05) is 12.5 Å². The molecule has 0 spiro atoms. The number of hydrogen-bond acceptors (Lipinski definition) is 2. The van der Waals surface area contributed by atoms with Gasteiger partial charge in [0.2, 0.25) is 0 Å². The van der Waals surface area contributed by atoms with Crippen LogP contribution in [0.25, 0.3) is 10.2 Å². The third kappa shape index (κ3) is 2.90. The molecule has 1 aromatic carbocycles. The third-order valence-corrected chi connectivity index (χ3v) is 4.15. The molecule has 3 nitrogen and oxygen atoms in total. The van der Waals surface area contributed by atoms with Crippen LogP contribution in [0.15, 0.2) is 23.2 Å². The zero-order valence-electron chi connectivity index (χ0n) is 11.3. The van der Waals surface area contributed by atoms with Crippen LogP contribution in [0, 0.1) is 5.92 Å². The number of amides is 1. The van der Waals surface area contributed by atoms with Crippen molar-refractivity contribution in [3.8, 4) is 0 Å². The molecule has 1 aromatic heterocycles. The predicted molar refractivity (Wildman–Crippen MR) is 80.5 cm³/mol. The van der Waals surface area contributed by atoms with E-state index in [0.717, 1.165) is 28.0 Å². The van der Waals surface area contributed by atoms with Crippen LogP contribution in [0.4, 0.5) is 0 Å². The second kappa shape index (κ2) is 5.88. The van der Waals surface area contributed by atoms with Crippen LogP contribution < -0.4 is 4.80 Å². The van der Waals surface area contributed by atoms with Crippen LogP contribution >= 0.6 is 22.9 Å². The highest BCUT2D eigenvalue weighted by molar-refractivity contribution is 7.16. The van der Waals surface area contributed by atoms with Gasteiger partial charge in [-0.05, 0) is 18.6 Å². The maximum absolute atomic E-state index is 11.8. The smallest absolute Gasteiger partial charge is 0.250 e. The lowest BCUT2D eigenvalue weighted by molar-refractivity contribution is -0.120. The first-order valence-corrected chi connectivity index (χ1v) is 7.60. The summed E-state index contributed by atoms with van der Waals surface area (Å²) in [6.07, 6.45) is 0.972. The van der Waals surface area contributed by atoms with Crippen molar-refractivity contribution < 1.29 is 4.79 Å². The predicted octanol–water partition coefficient (Wildman–Crippen LogP) is 3.85. The molecule has 0 radical (unpaired) electrons. The number of halogens is 1. The number of aromatic nitrogens is 1. The van der Waals surface area contributed by atoms with Crippen LogP contribution in [-0.2, 0) is 11.3 Å². The maximum atomic E-state index is 11.8. The van der Waals surface area contributed by atoms with Crippen molar-refractivity contribution in [2.24, 2.45) is 10.9 Å². The fraction of sp³-hybridized carbons (Fsp3) is 0.429. The second-order valence-electron chi connectivity index (χ2n) is 4.73. The first-order chi connectivity index (χ1) is 9.04. The van der Waals surface area contributed by atoms with Crippen LogP contribution in [0.2, 0.25) is 5.02 Å². The van der Waals surface area contributed by atoms with Gasteiger partial charge in [-0.2, -0.15) is 4.99 Å². The summed E-state index contributed by atoms with van der Waals surface area (Å²) >= 11 is 7.78. The Labute approximate surface area is 121 Å². The molecule has 102 valence electrons. The van der Waals surface area contributed by atoms with Crippen molar-refractivity contribution >= 4 is 39.1 Å². The van der Waals surface area contributed by atoms with Crippen molar-refractivity contribution in [3.63, 3.8) is 0 Å². The van der Waals surface area contributed by atoms with Crippen LogP contribution in [-0.4, -0.2) is 10.5 Å². The van der Waals surface area contributed by atoms with E-state index in [1.807, 2.05) is 36.6 Å². The summed E-state index contributed by atoms with van der Waals surface area (Å²) in [6, 6.07) is 5.80. The molecule has 0 atom stereocenters. The number of fused-ring (bicyclic) bond motifs is 1. The fourth-order valence-corrected chi connectivity index (χ4v) is 3.25. The van der Waals surface area contributed by atoms with Gasteiger partial charge in [-0.3, -0.25) is 4.79 Å². The van der Waals surface area contributed by atoms with Gasteiger partial charge in [-0.1, -0.05) is 49.8 Å². The number of thiazole rings is 1. The molecule has 1 amide bonds. The van der Waals surface area contributed by atoms with E-state index < -0.39 is 0 Å². The van der Waals surface area contributed by atoms with E-state index in [0.29, 0.717) is 5.02 Å². The summed E-state index contributed by atoms with van der Waals surface area (Å²) < 4.78 is 3.11. The minimum absolute atomic E-state index is 0.0873. The quantitative estimate of drug-likeness (QED) is 0.847. The normalized spacial score (nSPS) is 12.6. The van der Waals surface area contributed by atoms with E-state index >= 15 is 0 Å². The Balaban J connectivity index is 2.70. The molecule has 0 bridgehead atoms. The number of rotatable bonds is 3. The number of carbonyl (C=O) groups excluding carboxylic acids is 1. The third-order valence-electron chi connectivity index (χ3n) is 2.80. The van der Waals surface area contributed by atoms with Crippen molar-refractivity contribution in [1.29, 1.82) is 0 Å². The molecular formula is C14H17ClN2OS. The Hall–Kier alpha value is -1.13. The van der Waals surface area contributed by atoms with Gasteiger partial charge in [0.05, 0.1) is 15.2 Å². The van der Waals surface area contributed by atoms with Crippen molar-refractivity contribution in [2.75, 3.05) is 0 Å². The number of nitrogens with zero attached hydrogens (tertiary/aromatic N) is 2. The van der Waals surface area contributed by atoms with Crippen LogP contribution in [0.1, 0.15) is 27.2 Å². The van der Waals surface area contributed by atoms with Crippen molar-refractivity contribution in [3.05, 3.63) is 28.0 Å². The minimum Gasteiger partial charge on any atom is -0.315 e. The van der Waals surface area contributed by atoms with Crippen molar-refractivity contribution in [2.45, 2.75) is 33.7 Å². The zero-order valence-corrected chi connectivity index (χ0v) is 12.9. The Morgan fingerprint density at radius 3 is 2.84 bits per heavy atom. The molecule has 1 heterocycles. The fourth-order valence-electron chi connectivity index (χ4n) is 1.83. The summed E-state index contributed by atoms with van der Waals surface area (Å²) in [5.41, 5.74) is 0.978. The zero-order chi connectivity index (χ0) is 14.0. The van der Waals surface area contributed by atoms with Gasteiger partial charge >= 0.3 is 0 Å². The molecule has 19 heavy (non-hydrogen) atoms. The largest absolute Gasteiger partial charge is 0.315 e. The molecular weight excluding hydrogens is 280 g/mol. The Kier molecular flexibility index (Phi) is 4.42. The van der Waals surface area contributed by atoms with E-state index in [1.165, 1.54) is 11.3 Å². The lowest BCUT2D eigenvalue weighted by atomic mass is 10.2. The molecule has 0 fully saturated rings. The first-order valence-electron chi connectivity index (χ1n) is 6.41. The monoisotopic (exact) mass is 296 g/mol. The van der Waals surface area contributed by atoms with E-state index in [4.69, 9.17) is 11.6 Å². The molecule has 5 heteroatoms. The SMILES string of the molecule is CCCn1c(=NC(=O)C(C)C)sc2cccc(Cl)c21. The van der Waals surface area contributed by atoms with Crippen molar-refractivity contribution in [1.82, 2.24) is 4.57 Å². The number of hydrogen-bond donors (Lipinski definition) is 0. The highest BCUT2D eigenvalue weighted by Gasteiger charge is 2.11. The molecule has 0 aliphatic heterocycles. The maximum Gasteiger partial charge on any atom is 0.250 e. The second-order valence-corrected chi connectivity index (χ2v) is 6.14. The summed E-state index contributed by atoms with van der Waals surface area (Å²) in [4.78, 5) is 16.8. The summed E-state index contributed by atoms with van der Waals surface area (Å²) in [6.45, 7) is 6.63. The van der Waals surface area contributed by atoms with Gasteiger partial charge < -0.3 is 4.57 Å². The average molecular weight is 297 g/mol. The Bertz CT molecular complexity index is 670. The average Bonchev–Trinajstić information content (AvgIpc) is 2.69. The Morgan fingerprint density at radius 1 is 1.47 bits per heavy atom. The first kappa shape index (κ1) is 14.3. The minimum atomic E-state index is -0.0902. The standard InChI is InChI=1S/C14H17ClN2OS/c1-4-8-17-12-10(15)6-5-7-11(12)19-14(17)16-13(18)9(2)3/h5-7,9H,4,8H2,1-3H3. The summed E-state index contributed by atoms with van der Waals surface area (Å²) in [7, 11) is 0. The lowest BCUT2D eigenvalue weighted by Gasteiger charge is -2.04. The van der Waals surface area contributed by atoms with E-state index in [9.17, 15) is 4.79 Å². The molecule has 0 N–H and O–H groups in total. The number of carbonyl (C=O) groups is 1. The highest BCUT2D eigenvalue weighted by atomic mass is 35.5. The van der Waals surface area contributed by atoms with Crippen LogP contribution in [0.3, 0.4) is 0 Å². The molecule has 0 unspecified atom stereocenters. The molecule has 0 saturated heterocycles. The highest BCUT2D eigenvalue weighted by Crippen LogP contribution is 2.25. The molecule has 0 saturated carbocycles. The van der Waals surface area contributed by atoms with E-state index in [1.54, 1.807) is 0 Å². The number of aryl methyl sites for hydroxylation is 1. The molecule has 0 aliphatic carbocycles. The summed E-state index contributed by atoms with van der Waals surface area (Å²) in [5, 5.41) is 0.709. The summed E-state index contributed by atoms with van der Waals surface area (Å²) in [5.74, 6) is -0.178. The number of para-hydroxylation sites is 1. The van der Waals surface area contributed by atoms with Gasteiger partial charge in [0.1, 0.15) is 0 Å². The molecule has 0 aliphatic rings.